The third-order valence-corrected chi connectivity index (χ3v) is 4.18. The Labute approximate surface area is 132 Å². The van der Waals surface area contributed by atoms with Crippen LogP contribution in [0, 0.1) is 5.41 Å². The highest BCUT2D eigenvalue weighted by atomic mass is 79.9. The molecule has 3 rings (SSSR count). The first-order valence-electron chi connectivity index (χ1n) is 6.98. The summed E-state index contributed by atoms with van der Waals surface area (Å²) in [5, 5.41) is 8.23. The van der Waals surface area contributed by atoms with Gasteiger partial charge >= 0.3 is 0 Å². The van der Waals surface area contributed by atoms with Gasteiger partial charge in [0.1, 0.15) is 5.75 Å². The van der Waals surface area contributed by atoms with E-state index in [2.05, 4.69) is 22.0 Å². The molecule has 0 bridgehead atoms. The van der Waals surface area contributed by atoms with E-state index in [0.29, 0.717) is 18.7 Å². The van der Waals surface area contributed by atoms with E-state index >= 15 is 0 Å². The average Bonchev–Trinajstić information content (AvgIpc) is 2.95. The fourth-order valence-corrected chi connectivity index (χ4v) is 3.18. The van der Waals surface area contributed by atoms with Crippen LogP contribution < -0.4 is 10.5 Å². The Morgan fingerprint density at radius 3 is 2.81 bits per heavy atom. The number of benzene rings is 2. The summed E-state index contributed by atoms with van der Waals surface area (Å²) >= 11 is 3.53. The van der Waals surface area contributed by atoms with Crippen molar-refractivity contribution in [1.82, 2.24) is 0 Å². The summed E-state index contributed by atoms with van der Waals surface area (Å²) in [6.07, 6.45) is 1.42. The third kappa shape index (κ3) is 3.01. The van der Waals surface area contributed by atoms with Crippen molar-refractivity contribution in [2.75, 3.05) is 6.61 Å². The number of nitrogens with one attached hydrogen (secondary N) is 1. The van der Waals surface area contributed by atoms with E-state index < -0.39 is 0 Å². The molecule has 3 N–H and O–H groups in total. The van der Waals surface area contributed by atoms with Gasteiger partial charge in [0.25, 0.3) is 0 Å². The predicted molar refractivity (Wildman–Crippen MR) is 88.2 cm³/mol. The summed E-state index contributed by atoms with van der Waals surface area (Å²) in [6.45, 7) is 0.710. The van der Waals surface area contributed by atoms with Crippen LogP contribution in [0.25, 0.3) is 0 Å². The van der Waals surface area contributed by atoms with Crippen molar-refractivity contribution in [3.05, 3.63) is 63.6 Å². The van der Waals surface area contributed by atoms with Crippen LogP contribution in [-0.2, 0) is 6.42 Å². The van der Waals surface area contributed by atoms with Crippen LogP contribution in [0.4, 0.5) is 0 Å². The molecule has 1 aliphatic heterocycles. The van der Waals surface area contributed by atoms with Gasteiger partial charge in [-0.15, -0.1) is 0 Å². The Hall–Kier alpha value is -1.65. The van der Waals surface area contributed by atoms with Gasteiger partial charge in [-0.1, -0.05) is 46.3 Å². The first-order valence-corrected chi connectivity index (χ1v) is 7.78. The molecule has 4 heteroatoms. The van der Waals surface area contributed by atoms with Crippen molar-refractivity contribution in [1.29, 1.82) is 5.41 Å². The maximum absolute atomic E-state index is 8.23. The highest BCUT2D eigenvalue weighted by Gasteiger charge is 2.22. The average molecular weight is 345 g/mol. The highest BCUT2D eigenvalue weighted by Crippen LogP contribution is 2.36. The van der Waals surface area contributed by atoms with Gasteiger partial charge in [0, 0.05) is 34.6 Å². The number of ether oxygens (including phenoxy) is 1. The molecule has 1 heterocycles. The number of halogens is 1. The minimum Gasteiger partial charge on any atom is -0.493 e. The van der Waals surface area contributed by atoms with Crippen LogP contribution in [-0.4, -0.2) is 12.3 Å². The molecule has 0 amide bonds. The molecule has 0 aliphatic carbocycles. The fraction of sp³-hybridized carbons (Fsp3) is 0.235. The van der Waals surface area contributed by atoms with Crippen LogP contribution in [0.15, 0.2) is 46.9 Å². The molecule has 1 aliphatic rings. The summed E-state index contributed by atoms with van der Waals surface area (Å²) in [5.74, 6) is 0.909. The molecule has 0 saturated carbocycles. The van der Waals surface area contributed by atoms with Crippen LogP contribution in [0.1, 0.15) is 29.2 Å². The number of hydrogen-bond donors (Lipinski definition) is 2. The van der Waals surface area contributed by atoms with Crippen molar-refractivity contribution in [3.8, 4) is 5.75 Å². The van der Waals surface area contributed by atoms with E-state index in [-0.39, 0.29) is 6.04 Å². The SMILES string of the molecule is N=C(CC(N)c1cc(Br)cc2c1OCC2)c1ccccc1. The summed E-state index contributed by atoms with van der Waals surface area (Å²) in [5.41, 5.74) is 9.98. The van der Waals surface area contributed by atoms with E-state index in [1.165, 1.54) is 5.56 Å². The Bertz CT molecular complexity index is 670. The summed E-state index contributed by atoms with van der Waals surface area (Å²) in [7, 11) is 0. The highest BCUT2D eigenvalue weighted by molar-refractivity contribution is 9.10. The smallest absolute Gasteiger partial charge is 0.127 e. The minimum absolute atomic E-state index is 0.234. The first kappa shape index (κ1) is 14.3. The number of rotatable bonds is 4. The van der Waals surface area contributed by atoms with Crippen LogP contribution in [0.3, 0.4) is 0 Å². The zero-order chi connectivity index (χ0) is 14.8. The fourth-order valence-electron chi connectivity index (χ4n) is 2.66. The van der Waals surface area contributed by atoms with E-state index in [0.717, 1.165) is 27.8 Å². The second-order valence-electron chi connectivity index (χ2n) is 5.24. The monoisotopic (exact) mass is 344 g/mol. The van der Waals surface area contributed by atoms with E-state index in [1.807, 2.05) is 36.4 Å². The Balaban J connectivity index is 1.83. The molecule has 2 aromatic carbocycles. The van der Waals surface area contributed by atoms with Crippen molar-refractivity contribution < 1.29 is 4.74 Å². The Kier molecular flexibility index (Phi) is 4.08. The first-order chi connectivity index (χ1) is 10.1. The molecular formula is C17H17BrN2O. The molecule has 21 heavy (non-hydrogen) atoms. The standard InChI is InChI=1S/C17H17BrN2O/c18-13-8-12-6-7-21-17(12)14(9-13)16(20)10-15(19)11-4-2-1-3-5-11/h1-5,8-9,16,19H,6-7,10,20H2. The van der Waals surface area contributed by atoms with E-state index in [9.17, 15) is 0 Å². The van der Waals surface area contributed by atoms with E-state index in [4.69, 9.17) is 15.9 Å². The lowest BCUT2D eigenvalue weighted by Gasteiger charge is -2.17. The van der Waals surface area contributed by atoms with Crippen LogP contribution in [0.2, 0.25) is 0 Å². The Morgan fingerprint density at radius 2 is 2.05 bits per heavy atom. The van der Waals surface area contributed by atoms with Gasteiger partial charge in [0.15, 0.2) is 0 Å². The molecular weight excluding hydrogens is 328 g/mol. The number of nitrogens with two attached hydrogens (primary N) is 1. The van der Waals surface area contributed by atoms with Crippen LogP contribution in [0.5, 0.6) is 5.75 Å². The molecule has 1 atom stereocenters. The Morgan fingerprint density at radius 1 is 1.29 bits per heavy atom. The van der Waals surface area contributed by atoms with Gasteiger partial charge in [-0.05, 0) is 23.3 Å². The quantitative estimate of drug-likeness (QED) is 0.827. The normalized spacial score (nSPS) is 14.4. The molecule has 0 aromatic heterocycles. The van der Waals surface area contributed by atoms with Crippen LogP contribution >= 0.6 is 15.9 Å². The summed E-state index contributed by atoms with van der Waals surface area (Å²) < 4.78 is 6.74. The lowest BCUT2D eigenvalue weighted by Crippen LogP contribution is -2.16. The van der Waals surface area contributed by atoms with Gasteiger partial charge in [-0.25, -0.2) is 0 Å². The zero-order valence-corrected chi connectivity index (χ0v) is 13.2. The number of hydrogen-bond acceptors (Lipinski definition) is 3. The molecule has 0 saturated heterocycles. The van der Waals surface area contributed by atoms with E-state index in [1.54, 1.807) is 0 Å². The summed E-state index contributed by atoms with van der Waals surface area (Å²) in [4.78, 5) is 0. The van der Waals surface area contributed by atoms with Crippen molar-refractivity contribution >= 4 is 21.6 Å². The molecule has 0 radical (unpaired) electrons. The van der Waals surface area contributed by atoms with Crippen molar-refractivity contribution in [2.45, 2.75) is 18.9 Å². The second kappa shape index (κ2) is 6.00. The maximum atomic E-state index is 8.23. The third-order valence-electron chi connectivity index (χ3n) is 3.72. The van der Waals surface area contributed by atoms with Gasteiger partial charge in [0.2, 0.25) is 0 Å². The molecule has 0 spiro atoms. The lowest BCUT2D eigenvalue weighted by molar-refractivity contribution is 0.351. The number of fused-ring (bicyclic) bond motifs is 1. The minimum atomic E-state index is -0.234. The van der Waals surface area contributed by atoms with Gasteiger partial charge in [0.05, 0.1) is 6.61 Å². The predicted octanol–water partition coefficient (Wildman–Crippen LogP) is 3.84. The zero-order valence-electron chi connectivity index (χ0n) is 11.6. The van der Waals surface area contributed by atoms with Gasteiger partial charge < -0.3 is 15.9 Å². The molecule has 0 fully saturated rings. The molecule has 108 valence electrons. The summed E-state index contributed by atoms with van der Waals surface area (Å²) in [6, 6.07) is 13.6. The molecule has 2 aromatic rings. The van der Waals surface area contributed by atoms with Gasteiger partial charge in [-0.2, -0.15) is 0 Å². The molecule has 3 nitrogen and oxygen atoms in total. The van der Waals surface area contributed by atoms with Crippen molar-refractivity contribution in [3.63, 3.8) is 0 Å². The van der Waals surface area contributed by atoms with Gasteiger partial charge in [-0.3, -0.25) is 0 Å². The molecule has 1 unspecified atom stereocenters. The largest absolute Gasteiger partial charge is 0.493 e. The lowest BCUT2D eigenvalue weighted by atomic mass is 9.96. The van der Waals surface area contributed by atoms with Crippen molar-refractivity contribution in [2.24, 2.45) is 5.73 Å². The topological polar surface area (TPSA) is 59.1 Å². The maximum Gasteiger partial charge on any atom is 0.127 e. The second-order valence-corrected chi connectivity index (χ2v) is 6.15.